The van der Waals surface area contributed by atoms with Crippen molar-refractivity contribution < 1.29 is 4.74 Å². The number of rotatable bonds is 5. The Balaban J connectivity index is 1.69. The molecule has 1 saturated heterocycles. The molecule has 9 nitrogen and oxygen atoms in total. The number of nitrogens with zero attached hydrogens (tertiary/aromatic N) is 5. The second-order valence-electron chi connectivity index (χ2n) is 8.32. The average molecular weight is 421 g/mol. The van der Waals surface area contributed by atoms with Crippen molar-refractivity contribution in [2.45, 2.75) is 38.8 Å². The van der Waals surface area contributed by atoms with Crippen LogP contribution in [0.4, 0.5) is 5.82 Å². The number of hydrazine groups is 1. The Bertz CT molecular complexity index is 1130. The van der Waals surface area contributed by atoms with Crippen molar-refractivity contribution in [1.82, 2.24) is 24.9 Å². The monoisotopic (exact) mass is 420 g/mol. The molecule has 1 aliphatic carbocycles. The Hall–Kier alpha value is -3.17. The van der Waals surface area contributed by atoms with Gasteiger partial charge in [0.1, 0.15) is 11.5 Å². The van der Waals surface area contributed by atoms with E-state index in [0.29, 0.717) is 30.8 Å². The SMILES string of the molecule is C/C(N)=C(\c1cc(N2CCOCC2C)nc(-c2ccnc3[nH]ccc23)n1)N(N)C1CC1. The molecule has 0 bridgehead atoms. The molecular formula is C22H28N8O. The number of ether oxygens (including phenoxy) is 1. The first-order chi connectivity index (χ1) is 15.0. The molecule has 0 radical (unpaired) electrons. The third-order valence-electron chi connectivity index (χ3n) is 5.89. The molecule has 9 heteroatoms. The van der Waals surface area contributed by atoms with Crippen LogP contribution in [0.1, 0.15) is 32.4 Å². The van der Waals surface area contributed by atoms with E-state index in [1.165, 1.54) is 0 Å². The quantitative estimate of drug-likeness (QED) is 0.424. The highest BCUT2D eigenvalue weighted by Gasteiger charge is 2.31. The normalized spacial score (nSPS) is 20.1. The average Bonchev–Trinajstić information content (AvgIpc) is 3.50. The highest BCUT2D eigenvalue weighted by molar-refractivity contribution is 5.91. The predicted octanol–water partition coefficient (Wildman–Crippen LogP) is 2.23. The smallest absolute Gasteiger partial charge is 0.163 e. The number of nitrogens with two attached hydrogens (primary N) is 2. The summed E-state index contributed by atoms with van der Waals surface area (Å²) in [5.41, 5.74) is 10.1. The maximum absolute atomic E-state index is 6.46. The van der Waals surface area contributed by atoms with Gasteiger partial charge < -0.3 is 25.4 Å². The molecule has 3 aromatic rings. The Morgan fingerprint density at radius 3 is 2.87 bits per heavy atom. The lowest BCUT2D eigenvalue weighted by Crippen LogP contribution is -2.44. The largest absolute Gasteiger partial charge is 0.400 e. The standard InChI is InChI=1S/C22H28N8O/c1-13-12-31-10-9-29(13)19-11-18(20(14(2)23)30(24)15-3-4-15)27-22(28-19)17-6-8-26-21-16(17)5-7-25-21/h5-8,11,13,15H,3-4,9-10,12,23-24H2,1-2H3,(H,25,26)/b20-14-. The number of anilines is 1. The number of morpholine rings is 1. The van der Waals surface area contributed by atoms with Gasteiger partial charge in [0, 0.05) is 47.7 Å². The lowest BCUT2D eigenvalue weighted by atomic mass is 10.1. The van der Waals surface area contributed by atoms with Gasteiger partial charge in [-0.25, -0.2) is 20.8 Å². The van der Waals surface area contributed by atoms with Crippen molar-refractivity contribution in [3.63, 3.8) is 0 Å². The molecular weight excluding hydrogens is 392 g/mol. The fraction of sp³-hybridized carbons (Fsp3) is 0.409. The van der Waals surface area contributed by atoms with Gasteiger partial charge >= 0.3 is 0 Å². The van der Waals surface area contributed by atoms with Crippen LogP contribution in [-0.2, 0) is 4.74 Å². The van der Waals surface area contributed by atoms with E-state index in [1.54, 1.807) is 11.2 Å². The predicted molar refractivity (Wildman–Crippen MR) is 121 cm³/mol. The van der Waals surface area contributed by atoms with Gasteiger partial charge in [-0.3, -0.25) is 0 Å². The van der Waals surface area contributed by atoms with E-state index in [4.69, 9.17) is 26.3 Å². The summed E-state index contributed by atoms with van der Waals surface area (Å²) >= 11 is 0. The summed E-state index contributed by atoms with van der Waals surface area (Å²) in [6.45, 7) is 6.10. The van der Waals surface area contributed by atoms with Crippen molar-refractivity contribution in [3.8, 4) is 11.4 Å². The zero-order chi connectivity index (χ0) is 21.5. The van der Waals surface area contributed by atoms with Crippen LogP contribution in [0.2, 0.25) is 0 Å². The molecule has 0 aromatic carbocycles. The number of allylic oxidation sites excluding steroid dienone is 1. The second-order valence-corrected chi connectivity index (χ2v) is 8.32. The first kappa shape index (κ1) is 19.8. The van der Waals surface area contributed by atoms with E-state index < -0.39 is 0 Å². The maximum atomic E-state index is 6.46. The molecule has 1 unspecified atom stereocenters. The Labute approximate surface area is 181 Å². The van der Waals surface area contributed by atoms with E-state index in [9.17, 15) is 0 Å². The van der Waals surface area contributed by atoms with Crippen molar-refractivity contribution in [2.75, 3.05) is 24.7 Å². The van der Waals surface area contributed by atoms with Crippen LogP contribution in [-0.4, -0.2) is 56.8 Å². The van der Waals surface area contributed by atoms with Gasteiger partial charge in [-0.1, -0.05) is 0 Å². The molecule has 0 amide bonds. The Morgan fingerprint density at radius 1 is 1.29 bits per heavy atom. The molecule has 31 heavy (non-hydrogen) atoms. The van der Waals surface area contributed by atoms with Crippen LogP contribution in [0.25, 0.3) is 28.1 Å². The minimum atomic E-state index is 0.206. The summed E-state index contributed by atoms with van der Waals surface area (Å²) in [5, 5.41) is 2.74. The summed E-state index contributed by atoms with van der Waals surface area (Å²) in [4.78, 5) is 19.7. The number of aromatic amines is 1. The van der Waals surface area contributed by atoms with Crippen molar-refractivity contribution in [3.05, 3.63) is 42.0 Å². The first-order valence-electron chi connectivity index (χ1n) is 10.7. The van der Waals surface area contributed by atoms with Crippen molar-refractivity contribution in [1.29, 1.82) is 0 Å². The number of hydrogen-bond donors (Lipinski definition) is 3. The highest BCUT2D eigenvalue weighted by atomic mass is 16.5. The van der Waals surface area contributed by atoms with Crippen LogP contribution in [0.15, 0.2) is 36.3 Å². The van der Waals surface area contributed by atoms with E-state index in [-0.39, 0.29) is 6.04 Å². The summed E-state index contributed by atoms with van der Waals surface area (Å²) in [6.07, 6.45) is 5.77. The fourth-order valence-corrected chi connectivity index (χ4v) is 4.12. The third kappa shape index (κ3) is 3.70. The number of hydrogen-bond acceptors (Lipinski definition) is 8. The summed E-state index contributed by atoms with van der Waals surface area (Å²) in [6, 6.07) is 6.44. The van der Waals surface area contributed by atoms with Gasteiger partial charge in [0.05, 0.1) is 30.6 Å². The molecule has 2 aliphatic rings. The van der Waals surface area contributed by atoms with Gasteiger partial charge in [-0.2, -0.15) is 0 Å². The molecule has 1 atom stereocenters. The first-order valence-corrected chi connectivity index (χ1v) is 10.7. The van der Waals surface area contributed by atoms with Crippen LogP contribution in [0.3, 0.4) is 0 Å². The summed E-state index contributed by atoms with van der Waals surface area (Å²) in [5.74, 6) is 7.93. The van der Waals surface area contributed by atoms with Crippen molar-refractivity contribution >= 4 is 22.5 Å². The number of aromatic nitrogens is 4. The highest BCUT2D eigenvalue weighted by Crippen LogP contribution is 2.34. The van der Waals surface area contributed by atoms with Gasteiger partial charge in [0.25, 0.3) is 0 Å². The number of pyridine rings is 1. The molecule has 2 fully saturated rings. The van der Waals surface area contributed by atoms with E-state index in [0.717, 1.165) is 53.2 Å². The van der Waals surface area contributed by atoms with Gasteiger partial charge in [-0.05, 0) is 38.8 Å². The Morgan fingerprint density at radius 2 is 2.13 bits per heavy atom. The van der Waals surface area contributed by atoms with Crippen LogP contribution >= 0.6 is 0 Å². The van der Waals surface area contributed by atoms with Gasteiger partial charge in [0.15, 0.2) is 5.82 Å². The van der Waals surface area contributed by atoms with Gasteiger partial charge in [0.2, 0.25) is 0 Å². The van der Waals surface area contributed by atoms with Crippen LogP contribution in [0, 0.1) is 0 Å². The molecule has 0 spiro atoms. The molecule has 1 aliphatic heterocycles. The van der Waals surface area contributed by atoms with Crippen molar-refractivity contribution in [2.24, 2.45) is 11.6 Å². The molecule has 5 N–H and O–H groups in total. The number of H-pyrrole nitrogens is 1. The lowest BCUT2D eigenvalue weighted by molar-refractivity contribution is 0.0985. The summed E-state index contributed by atoms with van der Waals surface area (Å²) < 4.78 is 5.63. The molecule has 4 heterocycles. The summed E-state index contributed by atoms with van der Waals surface area (Å²) in [7, 11) is 0. The number of nitrogens with one attached hydrogen (secondary N) is 1. The fourth-order valence-electron chi connectivity index (χ4n) is 4.12. The second kappa shape index (κ2) is 7.82. The van der Waals surface area contributed by atoms with Crippen LogP contribution in [0.5, 0.6) is 0 Å². The van der Waals surface area contributed by atoms with E-state index in [2.05, 4.69) is 21.8 Å². The number of fused-ring (bicyclic) bond motifs is 1. The maximum Gasteiger partial charge on any atom is 0.163 e. The van der Waals surface area contributed by atoms with Gasteiger partial charge in [-0.15, -0.1) is 0 Å². The van der Waals surface area contributed by atoms with E-state index in [1.807, 2.05) is 31.3 Å². The minimum Gasteiger partial charge on any atom is -0.400 e. The molecule has 1 saturated carbocycles. The third-order valence-corrected chi connectivity index (χ3v) is 5.89. The zero-order valence-corrected chi connectivity index (χ0v) is 17.9. The Kier molecular flexibility index (Phi) is 4.99. The molecule has 162 valence electrons. The molecule has 5 rings (SSSR count). The topological polar surface area (TPSA) is 122 Å². The van der Waals surface area contributed by atoms with E-state index >= 15 is 0 Å². The zero-order valence-electron chi connectivity index (χ0n) is 17.9. The minimum absolute atomic E-state index is 0.206. The molecule has 3 aromatic heterocycles. The lowest BCUT2D eigenvalue weighted by Gasteiger charge is -2.35. The van der Waals surface area contributed by atoms with Crippen LogP contribution < -0.4 is 16.5 Å².